The third kappa shape index (κ3) is 4.61. The molecule has 2 aliphatic carbocycles. The standard InChI is InChI=1S/C37H33N/c1-25-16-19-29(20-17-25)35(36-26(2)18-21-28-9-4-5-14-33(28)36)23-27(3)31-11-6-12-32(24-31)34-15-7-10-30-13-8-22-38-37(30)34/h4,6-13,15-16,18-25H,3,5,14,17H2,1-2H3/b35-23-. The molecular formula is C37H33N. The van der Waals surface area contributed by atoms with Crippen molar-refractivity contribution >= 4 is 28.1 Å². The van der Waals surface area contributed by atoms with Crippen LogP contribution in [0.2, 0.25) is 0 Å². The highest BCUT2D eigenvalue weighted by atomic mass is 14.6. The van der Waals surface area contributed by atoms with E-state index < -0.39 is 0 Å². The molecule has 0 aliphatic heterocycles. The molecule has 1 aromatic heterocycles. The molecule has 6 rings (SSSR count). The van der Waals surface area contributed by atoms with Crippen LogP contribution in [0.4, 0.5) is 0 Å². The minimum atomic E-state index is 0.572. The van der Waals surface area contributed by atoms with Crippen LogP contribution in [0.5, 0.6) is 0 Å². The van der Waals surface area contributed by atoms with Crippen molar-refractivity contribution in [2.24, 2.45) is 5.92 Å². The molecule has 0 amide bonds. The van der Waals surface area contributed by atoms with Gasteiger partial charge < -0.3 is 0 Å². The maximum Gasteiger partial charge on any atom is 0.0780 e. The molecule has 0 bridgehead atoms. The number of nitrogens with zero attached hydrogens (tertiary/aromatic N) is 1. The fraction of sp³-hybridized carbons (Fsp3) is 0.162. The molecule has 0 saturated carbocycles. The summed E-state index contributed by atoms with van der Waals surface area (Å²) in [6, 6.07) is 23.8. The van der Waals surface area contributed by atoms with Crippen molar-refractivity contribution < 1.29 is 0 Å². The van der Waals surface area contributed by atoms with Crippen molar-refractivity contribution in [2.75, 3.05) is 0 Å². The number of para-hydroxylation sites is 1. The Morgan fingerprint density at radius 2 is 1.87 bits per heavy atom. The number of hydrogen-bond acceptors (Lipinski definition) is 1. The molecule has 186 valence electrons. The summed E-state index contributed by atoms with van der Waals surface area (Å²) in [5.74, 6) is 0.572. The molecule has 3 aromatic carbocycles. The van der Waals surface area contributed by atoms with E-state index in [1.165, 1.54) is 33.4 Å². The Labute approximate surface area is 226 Å². The van der Waals surface area contributed by atoms with Crippen LogP contribution in [0.15, 0.2) is 115 Å². The summed E-state index contributed by atoms with van der Waals surface area (Å²) in [4.78, 5) is 4.68. The third-order valence-electron chi connectivity index (χ3n) is 7.81. The molecule has 0 N–H and O–H groups in total. The van der Waals surface area contributed by atoms with Crippen LogP contribution in [0.25, 0.3) is 39.3 Å². The van der Waals surface area contributed by atoms with Gasteiger partial charge in [0.1, 0.15) is 0 Å². The molecular weight excluding hydrogens is 458 g/mol. The Hall–Kier alpha value is -4.23. The number of aryl methyl sites for hydroxylation is 1. The van der Waals surface area contributed by atoms with Crippen LogP contribution in [-0.4, -0.2) is 4.98 Å². The molecule has 1 heteroatoms. The lowest BCUT2D eigenvalue weighted by molar-refractivity contribution is 0.733. The van der Waals surface area contributed by atoms with E-state index in [2.05, 4.69) is 123 Å². The highest BCUT2D eigenvalue weighted by Gasteiger charge is 2.19. The van der Waals surface area contributed by atoms with E-state index in [9.17, 15) is 0 Å². The largest absolute Gasteiger partial charge is 0.256 e. The lowest BCUT2D eigenvalue weighted by Gasteiger charge is -2.23. The van der Waals surface area contributed by atoms with Gasteiger partial charge in [0, 0.05) is 17.1 Å². The van der Waals surface area contributed by atoms with Gasteiger partial charge in [-0.1, -0.05) is 98.5 Å². The molecule has 1 unspecified atom stereocenters. The molecule has 0 fully saturated rings. The summed E-state index contributed by atoms with van der Waals surface area (Å²) in [6.07, 6.45) is 19.0. The fourth-order valence-corrected chi connectivity index (χ4v) is 5.73. The Bertz CT molecular complexity index is 1670. The number of fused-ring (bicyclic) bond motifs is 2. The SMILES string of the molecule is C=C(/C=C(/C1=CCC(C)C=C1)c1c(C)ccc2c1CCC=C2)c1cccc(-c2cccc3cccnc23)c1. The van der Waals surface area contributed by atoms with Gasteiger partial charge in [0.25, 0.3) is 0 Å². The fourth-order valence-electron chi connectivity index (χ4n) is 5.73. The molecule has 1 nitrogen and oxygen atoms in total. The summed E-state index contributed by atoms with van der Waals surface area (Å²) in [5.41, 5.74) is 13.5. The van der Waals surface area contributed by atoms with Crippen LogP contribution in [-0.2, 0) is 6.42 Å². The first-order valence-electron chi connectivity index (χ1n) is 13.6. The van der Waals surface area contributed by atoms with Crippen LogP contribution in [0, 0.1) is 12.8 Å². The Balaban J connectivity index is 1.46. The van der Waals surface area contributed by atoms with E-state index in [0.717, 1.165) is 52.4 Å². The van der Waals surface area contributed by atoms with Gasteiger partial charge in [-0.2, -0.15) is 0 Å². The molecule has 38 heavy (non-hydrogen) atoms. The number of pyridine rings is 1. The van der Waals surface area contributed by atoms with Crippen LogP contribution in [0.3, 0.4) is 0 Å². The van der Waals surface area contributed by atoms with Crippen molar-refractivity contribution in [1.82, 2.24) is 4.98 Å². The average Bonchev–Trinajstić information content (AvgIpc) is 2.96. The number of benzene rings is 3. The van der Waals surface area contributed by atoms with Crippen LogP contribution in [0.1, 0.15) is 47.6 Å². The Kier molecular flexibility index (Phi) is 6.52. The van der Waals surface area contributed by atoms with Gasteiger partial charge in [-0.25, -0.2) is 0 Å². The van der Waals surface area contributed by atoms with Crippen molar-refractivity contribution in [1.29, 1.82) is 0 Å². The Morgan fingerprint density at radius 3 is 2.74 bits per heavy atom. The highest BCUT2D eigenvalue weighted by Crippen LogP contribution is 2.38. The summed E-state index contributed by atoms with van der Waals surface area (Å²) >= 11 is 0. The third-order valence-corrected chi connectivity index (χ3v) is 7.81. The van der Waals surface area contributed by atoms with Gasteiger partial charge in [-0.15, -0.1) is 0 Å². The summed E-state index contributed by atoms with van der Waals surface area (Å²) < 4.78 is 0. The second kappa shape index (κ2) is 10.3. The van der Waals surface area contributed by atoms with E-state index in [1.54, 1.807) is 0 Å². The first kappa shape index (κ1) is 24.1. The molecule has 0 saturated heterocycles. The average molecular weight is 492 g/mol. The lowest BCUT2D eigenvalue weighted by Crippen LogP contribution is -2.05. The van der Waals surface area contributed by atoms with Crippen molar-refractivity contribution in [3.63, 3.8) is 0 Å². The molecule has 4 aromatic rings. The normalized spacial score (nSPS) is 16.8. The second-order valence-electron chi connectivity index (χ2n) is 10.5. The zero-order valence-corrected chi connectivity index (χ0v) is 22.2. The molecule has 0 radical (unpaired) electrons. The van der Waals surface area contributed by atoms with Crippen LogP contribution >= 0.6 is 0 Å². The van der Waals surface area contributed by atoms with Crippen molar-refractivity contribution in [2.45, 2.75) is 33.1 Å². The number of aromatic nitrogens is 1. The van der Waals surface area contributed by atoms with Gasteiger partial charge in [-0.05, 0) is 100 Å². The van der Waals surface area contributed by atoms with Gasteiger partial charge in [0.05, 0.1) is 5.52 Å². The zero-order chi connectivity index (χ0) is 26.1. The maximum absolute atomic E-state index is 4.68. The summed E-state index contributed by atoms with van der Waals surface area (Å²) in [6.45, 7) is 9.10. The number of allylic oxidation sites excluding steroid dienone is 8. The van der Waals surface area contributed by atoms with Crippen LogP contribution < -0.4 is 0 Å². The maximum atomic E-state index is 4.68. The monoisotopic (exact) mass is 491 g/mol. The van der Waals surface area contributed by atoms with E-state index in [4.69, 9.17) is 0 Å². The molecule has 1 atom stereocenters. The predicted octanol–water partition coefficient (Wildman–Crippen LogP) is 9.79. The van der Waals surface area contributed by atoms with Gasteiger partial charge >= 0.3 is 0 Å². The topological polar surface area (TPSA) is 12.9 Å². The highest BCUT2D eigenvalue weighted by molar-refractivity contribution is 5.96. The van der Waals surface area contributed by atoms with E-state index >= 15 is 0 Å². The Morgan fingerprint density at radius 1 is 1.00 bits per heavy atom. The van der Waals surface area contributed by atoms with Gasteiger partial charge in [0.15, 0.2) is 0 Å². The summed E-state index contributed by atoms with van der Waals surface area (Å²) in [5, 5.41) is 1.15. The second-order valence-corrected chi connectivity index (χ2v) is 10.5. The number of hydrogen-bond donors (Lipinski definition) is 0. The quantitative estimate of drug-likeness (QED) is 0.253. The van der Waals surface area contributed by atoms with Crippen molar-refractivity contribution in [3.8, 4) is 11.1 Å². The molecule has 0 spiro atoms. The minimum absolute atomic E-state index is 0.572. The first-order valence-corrected chi connectivity index (χ1v) is 13.6. The smallest absolute Gasteiger partial charge is 0.0780 e. The van der Waals surface area contributed by atoms with Gasteiger partial charge in [0.2, 0.25) is 0 Å². The summed E-state index contributed by atoms with van der Waals surface area (Å²) in [7, 11) is 0. The zero-order valence-electron chi connectivity index (χ0n) is 22.2. The van der Waals surface area contributed by atoms with Crippen molar-refractivity contribution in [3.05, 3.63) is 143 Å². The lowest BCUT2D eigenvalue weighted by atomic mass is 9.81. The molecule has 1 heterocycles. The molecule has 2 aliphatic rings. The van der Waals surface area contributed by atoms with Gasteiger partial charge in [-0.3, -0.25) is 4.98 Å². The number of rotatable bonds is 5. The van der Waals surface area contributed by atoms with E-state index in [-0.39, 0.29) is 0 Å². The minimum Gasteiger partial charge on any atom is -0.256 e. The van der Waals surface area contributed by atoms with E-state index in [0.29, 0.717) is 5.92 Å². The van der Waals surface area contributed by atoms with E-state index in [1.807, 2.05) is 12.3 Å². The predicted molar refractivity (Wildman–Crippen MR) is 164 cm³/mol. The first-order chi connectivity index (χ1) is 18.6.